The monoisotopic (exact) mass is 671 g/mol. The fourth-order valence-electron chi connectivity index (χ4n) is 4.55. The van der Waals surface area contributed by atoms with Crippen LogP contribution in [0.25, 0.3) is 22.5 Å². The summed E-state index contributed by atoms with van der Waals surface area (Å²) in [5.41, 5.74) is 3.59. The highest BCUT2D eigenvalue weighted by atomic mass is 35.5. The third-order valence-electron chi connectivity index (χ3n) is 6.67. The SMILES string of the molecule is CCCCc1nc(Cl)c(C(=O)OC(C)OC(=O)OCCOCC(C)O[N+](=O)[O-])n1Cc1ccc(-c2ccccc2-c2nn[nH]n2)cc1. The lowest BCUT2D eigenvalue weighted by Gasteiger charge is -2.16. The van der Waals surface area contributed by atoms with Gasteiger partial charge in [0.2, 0.25) is 12.1 Å². The van der Waals surface area contributed by atoms with Crippen molar-refractivity contribution < 1.29 is 38.5 Å². The molecule has 17 heteroatoms. The number of carbonyl (C=O) groups excluding carboxylic acids is 2. The number of nitrogens with one attached hydrogen (secondary N) is 1. The Balaban J connectivity index is 1.40. The minimum atomic E-state index is -1.32. The molecule has 0 fully saturated rings. The summed E-state index contributed by atoms with van der Waals surface area (Å²) in [5.74, 6) is 0.259. The number of esters is 1. The number of H-pyrrole nitrogens is 1. The molecule has 0 amide bonds. The molecule has 1 N–H and O–H groups in total. The Morgan fingerprint density at radius 3 is 2.49 bits per heavy atom. The van der Waals surface area contributed by atoms with Crippen LogP contribution in [0.3, 0.4) is 0 Å². The molecule has 4 rings (SSSR count). The molecule has 0 saturated heterocycles. The zero-order valence-corrected chi connectivity index (χ0v) is 26.7. The summed E-state index contributed by atoms with van der Waals surface area (Å²) < 4.78 is 22.1. The Morgan fingerprint density at radius 1 is 1.06 bits per heavy atom. The molecule has 0 bridgehead atoms. The molecule has 0 saturated carbocycles. The molecule has 2 aromatic carbocycles. The van der Waals surface area contributed by atoms with Gasteiger partial charge in [-0.1, -0.05) is 73.5 Å². The molecule has 2 aromatic heterocycles. The van der Waals surface area contributed by atoms with E-state index in [4.69, 9.17) is 30.5 Å². The number of aromatic nitrogens is 6. The summed E-state index contributed by atoms with van der Waals surface area (Å²) >= 11 is 6.45. The lowest BCUT2D eigenvalue weighted by atomic mass is 9.98. The number of hydrogen-bond donors (Lipinski definition) is 1. The average molecular weight is 672 g/mol. The first kappa shape index (κ1) is 34.8. The van der Waals surface area contributed by atoms with E-state index >= 15 is 0 Å². The summed E-state index contributed by atoms with van der Waals surface area (Å²) in [5, 5.41) is 23.7. The maximum atomic E-state index is 13.3. The van der Waals surface area contributed by atoms with Crippen molar-refractivity contribution in [2.75, 3.05) is 19.8 Å². The van der Waals surface area contributed by atoms with Gasteiger partial charge in [-0.05, 0) is 35.2 Å². The number of carbonyl (C=O) groups is 2. The van der Waals surface area contributed by atoms with Crippen LogP contribution in [0, 0.1) is 10.1 Å². The van der Waals surface area contributed by atoms with Crippen LogP contribution in [-0.4, -0.2) is 79.6 Å². The number of nitrogens with zero attached hydrogens (tertiary/aromatic N) is 6. The quantitative estimate of drug-likeness (QED) is 0.0515. The molecule has 250 valence electrons. The predicted octanol–water partition coefficient (Wildman–Crippen LogP) is 5.04. The maximum Gasteiger partial charge on any atom is 0.511 e. The zero-order valence-electron chi connectivity index (χ0n) is 26.0. The first-order valence-electron chi connectivity index (χ1n) is 14.8. The first-order valence-corrected chi connectivity index (χ1v) is 15.1. The van der Waals surface area contributed by atoms with Gasteiger partial charge >= 0.3 is 12.1 Å². The van der Waals surface area contributed by atoms with Crippen molar-refractivity contribution in [3.05, 3.63) is 80.9 Å². The topological polar surface area (TPSA) is 196 Å². The number of tetrazole rings is 1. The highest BCUT2D eigenvalue weighted by Crippen LogP contribution is 2.30. The Bertz CT molecular complexity index is 1630. The molecule has 0 aliphatic heterocycles. The van der Waals surface area contributed by atoms with Gasteiger partial charge in [-0.25, -0.2) is 14.6 Å². The smallest absolute Gasteiger partial charge is 0.432 e. The van der Waals surface area contributed by atoms with Crippen molar-refractivity contribution >= 4 is 23.7 Å². The second-order valence-corrected chi connectivity index (χ2v) is 10.6. The van der Waals surface area contributed by atoms with Crippen molar-refractivity contribution in [1.82, 2.24) is 30.2 Å². The number of hydrogen-bond acceptors (Lipinski definition) is 13. The molecule has 2 unspecified atom stereocenters. The number of halogens is 1. The van der Waals surface area contributed by atoms with E-state index < -0.39 is 29.6 Å². The molecule has 4 aromatic rings. The van der Waals surface area contributed by atoms with E-state index in [1.807, 2.05) is 55.5 Å². The Kier molecular flexibility index (Phi) is 12.6. The van der Waals surface area contributed by atoms with E-state index in [0.717, 1.165) is 35.1 Å². The van der Waals surface area contributed by atoms with Gasteiger partial charge in [0.05, 0.1) is 13.2 Å². The van der Waals surface area contributed by atoms with Gasteiger partial charge in [0.1, 0.15) is 18.5 Å². The third-order valence-corrected chi connectivity index (χ3v) is 6.94. The van der Waals surface area contributed by atoms with E-state index in [1.165, 1.54) is 13.8 Å². The van der Waals surface area contributed by atoms with Crippen LogP contribution in [0.15, 0.2) is 48.5 Å². The van der Waals surface area contributed by atoms with E-state index in [0.29, 0.717) is 18.1 Å². The molecule has 0 aliphatic carbocycles. The third kappa shape index (κ3) is 9.95. The van der Waals surface area contributed by atoms with Gasteiger partial charge in [-0.2, -0.15) is 5.21 Å². The number of aryl methyl sites for hydroxylation is 1. The molecular formula is C30H34ClN7O9. The number of unbranched alkanes of at least 4 members (excludes halogenated alkanes) is 1. The second-order valence-electron chi connectivity index (χ2n) is 10.2. The van der Waals surface area contributed by atoms with Crippen molar-refractivity contribution in [1.29, 1.82) is 0 Å². The summed E-state index contributed by atoms with van der Waals surface area (Å²) in [6, 6.07) is 15.5. The molecule has 0 spiro atoms. The lowest BCUT2D eigenvalue weighted by molar-refractivity contribution is -0.768. The van der Waals surface area contributed by atoms with E-state index in [-0.39, 0.29) is 37.2 Å². The van der Waals surface area contributed by atoms with Crippen LogP contribution in [0.2, 0.25) is 5.15 Å². The largest absolute Gasteiger partial charge is 0.511 e. The average Bonchev–Trinajstić information content (AvgIpc) is 3.68. The minimum Gasteiger partial charge on any atom is -0.432 e. The number of rotatable bonds is 17. The highest BCUT2D eigenvalue weighted by molar-refractivity contribution is 6.32. The van der Waals surface area contributed by atoms with Gasteiger partial charge in [-0.3, -0.25) is 0 Å². The van der Waals surface area contributed by atoms with Crippen LogP contribution < -0.4 is 0 Å². The van der Waals surface area contributed by atoms with Crippen LogP contribution in [0.5, 0.6) is 0 Å². The minimum absolute atomic E-state index is 0.0209. The molecule has 16 nitrogen and oxygen atoms in total. The van der Waals surface area contributed by atoms with Crippen molar-refractivity contribution in [3.63, 3.8) is 0 Å². The molecular weight excluding hydrogens is 638 g/mol. The zero-order chi connectivity index (χ0) is 33.8. The summed E-state index contributed by atoms with van der Waals surface area (Å²) in [6.45, 7) is 4.78. The Hall–Kier alpha value is -5.09. The van der Waals surface area contributed by atoms with E-state index in [2.05, 4.69) is 30.4 Å². The number of imidazole rings is 1. The maximum absolute atomic E-state index is 13.3. The van der Waals surface area contributed by atoms with Gasteiger partial charge < -0.3 is 28.4 Å². The van der Waals surface area contributed by atoms with Crippen molar-refractivity contribution in [2.45, 2.75) is 59.0 Å². The number of aromatic amines is 1. The first-order chi connectivity index (χ1) is 22.7. The van der Waals surface area contributed by atoms with Crippen LogP contribution >= 0.6 is 11.6 Å². The summed E-state index contributed by atoms with van der Waals surface area (Å²) in [4.78, 5) is 44.4. The van der Waals surface area contributed by atoms with Gasteiger partial charge in [0.25, 0.3) is 5.09 Å². The standard InChI is InChI=1S/C30H34ClN7O9/c1-4-5-10-25-32-27(31)26(29(39)45-20(3)46-30(40)44-16-15-43-18-19(2)47-38(41)42)37(25)17-21-11-13-22(14-12-21)23-8-6-7-9-24(23)28-33-35-36-34-28/h6-9,11-14,19-20H,4-5,10,15-18H2,1-3H3,(H,33,34,35,36). The number of ether oxygens (including phenoxy) is 4. The lowest BCUT2D eigenvalue weighted by Crippen LogP contribution is -2.25. The van der Waals surface area contributed by atoms with Crippen LogP contribution in [0.1, 0.15) is 55.5 Å². The van der Waals surface area contributed by atoms with Crippen molar-refractivity contribution in [2.24, 2.45) is 0 Å². The Morgan fingerprint density at radius 2 is 1.81 bits per heavy atom. The van der Waals surface area contributed by atoms with Crippen LogP contribution in [-0.2, 0) is 36.8 Å². The highest BCUT2D eigenvalue weighted by Gasteiger charge is 2.26. The van der Waals surface area contributed by atoms with Gasteiger partial charge in [-0.15, -0.1) is 20.3 Å². The molecule has 0 radical (unpaired) electrons. The van der Waals surface area contributed by atoms with E-state index in [1.54, 1.807) is 4.57 Å². The van der Waals surface area contributed by atoms with Gasteiger partial charge in [0.15, 0.2) is 10.8 Å². The van der Waals surface area contributed by atoms with Crippen molar-refractivity contribution in [3.8, 4) is 22.5 Å². The fraction of sp³-hybridized carbons (Fsp3) is 0.400. The molecule has 0 aliphatic rings. The molecule has 47 heavy (non-hydrogen) atoms. The summed E-state index contributed by atoms with van der Waals surface area (Å²) in [7, 11) is 0. The van der Waals surface area contributed by atoms with E-state index in [9.17, 15) is 19.7 Å². The second kappa shape index (κ2) is 17.0. The fourth-order valence-corrected chi connectivity index (χ4v) is 4.82. The normalized spacial score (nSPS) is 12.3. The number of benzene rings is 2. The molecule has 2 atom stereocenters. The van der Waals surface area contributed by atoms with Crippen LogP contribution in [0.4, 0.5) is 4.79 Å². The molecule has 2 heterocycles. The summed E-state index contributed by atoms with van der Waals surface area (Å²) in [6.07, 6.45) is -0.900. The Labute approximate surface area is 274 Å². The predicted molar refractivity (Wildman–Crippen MR) is 166 cm³/mol. The van der Waals surface area contributed by atoms with Gasteiger partial charge in [0, 0.05) is 25.5 Å².